The zero-order valence-electron chi connectivity index (χ0n) is 19.7. The van der Waals surface area contributed by atoms with Crippen molar-refractivity contribution in [3.8, 4) is 0 Å². The summed E-state index contributed by atoms with van der Waals surface area (Å²) in [5, 5.41) is 26.3. The third kappa shape index (κ3) is 4.96. The van der Waals surface area contributed by atoms with E-state index < -0.39 is 29.1 Å². The molecule has 7 nitrogen and oxygen atoms in total. The topological polar surface area (TPSA) is 82.1 Å². The van der Waals surface area contributed by atoms with E-state index in [-0.39, 0.29) is 30.2 Å². The van der Waals surface area contributed by atoms with E-state index in [1.165, 1.54) is 0 Å². The molecule has 29 heavy (non-hydrogen) atoms. The number of piperidine rings is 2. The van der Waals surface area contributed by atoms with Crippen molar-refractivity contribution in [2.24, 2.45) is 5.92 Å². The first kappa shape index (κ1) is 24.5. The Morgan fingerprint density at radius 2 is 1.55 bits per heavy atom. The van der Waals surface area contributed by atoms with Gasteiger partial charge in [0.1, 0.15) is 18.6 Å². The lowest BCUT2D eigenvalue weighted by Crippen LogP contribution is -2.66. The third-order valence-electron chi connectivity index (χ3n) is 6.60. The number of carbonyl (C=O) groups is 1. The first-order valence-electron chi connectivity index (χ1n) is 10.8. The van der Waals surface area contributed by atoms with Crippen LogP contribution in [0.2, 0.25) is 0 Å². The van der Waals surface area contributed by atoms with Crippen molar-refractivity contribution in [1.29, 1.82) is 0 Å². The van der Waals surface area contributed by atoms with E-state index in [2.05, 4.69) is 27.7 Å². The van der Waals surface area contributed by atoms with E-state index in [4.69, 9.17) is 9.57 Å². The van der Waals surface area contributed by atoms with Gasteiger partial charge in [0.05, 0.1) is 11.6 Å². The summed E-state index contributed by atoms with van der Waals surface area (Å²) < 4.78 is 5.53. The maximum absolute atomic E-state index is 12.8. The fourth-order valence-electron chi connectivity index (χ4n) is 5.30. The van der Waals surface area contributed by atoms with Crippen LogP contribution in [0, 0.1) is 5.92 Å². The second-order valence-electron chi connectivity index (χ2n) is 11.3. The Labute approximate surface area is 176 Å². The lowest BCUT2D eigenvalue weighted by atomic mass is 9.72. The van der Waals surface area contributed by atoms with Crippen LogP contribution in [0.1, 0.15) is 88.0 Å². The second kappa shape index (κ2) is 8.08. The normalized spacial score (nSPS) is 32.5. The lowest BCUT2D eigenvalue weighted by molar-refractivity contribution is -0.316. The molecule has 2 heterocycles. The van der Waals surface area contributed by atoms with E-state index >= 15 is 0 Å². The summed E-state index contributed by atoms with van der Waals surface area (Å²) in [6.07, 6.45) is 2.20. The highest BCUT2D eigenvalue weighted by molar-refractivity contribution is 5.75. The zero-order valence-corrected chi connectivity index (χ0v) is 19.7. The highest BCUT2D eigenvalue weighted by atomic mass is 16.7. The van der Waals surface area contributed by atoms with Gasteiger partial charge in [0.15, 0.2) is 0 Å². The Balaban J connectivity index is 2.01. The fraction of sp³-hybridized carbons (Fsp3) is 0.955. The summed E-state index contributed by atoms with van der Waals surface area (Å²) in [5.41, 5.74) is -1.99. The predicted molar refractivity (Wildman–Crippen MR) is 110 cm³/mol. The molecule has 2 aliphatic heterocycles. The summed E-state index contributed by atoms with van der Waals surface area (Å²) in [7, 11) is 0. The average molecular weight is 414 g/mol. The average Bonchev–Trinajstić information content (AvgIpc) is 2.53. The molecular formula is C22H41N2O5. The van der Waals surface area contributed by atoms with Crippen molar-refractivity contribution in [2.75, 3.05) is 6.61 Å². The molecule has 0 amide bonds. The van der Waals surface area contributed by atoms with Gasteiger partial charge in [-0.2, -0.15) is 5.06 Å². The maximum Gasteiger partial charge on any atom is 0.313 e. The largest absolute Gasteiger partial charge is 0.463 e. The van der Waals surface area contributed by atoms with Crippen LogP contribution in [0.15, 0.2) is 0 Å². The zero-order chi connectivity index (χ0) is 22.4. The molecule has 7 heteroatoms. The van der Waals surface area contributed by atoms with Crippen molar-refractivity contribution in [3.63, 3.8) is 0 Å². The number of hydroxylamine groups is 4. The van der Waals surface area contributed by atoms with Crippen molar-refractivity contribution in [3.05, 3.63) is 0 Å². The molecule has 169 valence electrons. The highest BCUT2D eigenvalue weighted by Crippen LogP contribution is 2.42. The molecular weight excluding hydrogens is 372 g/mol. The predicted octanol–water partition coefficient (Wildman–Crippen LogP) is 3.48. The number of nitrogens with zero attached hydrogens (tertiary/aromatic N) is 2. The van der Waals surface area contributed by atoms with Gasteiger partial charge < -0.3 is 9.84 Å². The van der Waals surface area contributed by atoms with Crippen LogP contribution < -0.4 is 0 Å². The van der Waals surface area contributed by atoms with Crippen LogP contribution in [0.4, 0.5) is 0 Å². The number of aliphatic hydroxyl groups is 1. The molecule has 1 N–H and O–H groups in total. The molecule has 3 atom stereocenters. The van der Waals surface area contributed by atoms with Gasteiger partial charge in [-0.15, -0.1) is 10.3 Å². The molecule has 2 rings (SSSR count). The van der Waals surface area contributed by atoms with Gasteiger partial charge in [-0.1, -0.05) is 0 Å². The first-order valence-corrected chi connectivity index (χ1v) is 10.8. The second-order valence-corrected chi connectivity index (χ2v) is 11.3. The number of esters is 1. The summed E-state index contributed by atoms with van der Waals surface area (Å²) in [4.78, 5) is 19.0. The smallest absolute Gasteiger partial charge is 0.313 e. The van der Waals surface area contributed by atoms with E-state index in [1.807, 2.05) is 12.0 Å². The minimum Gasteiger partial charge on any atom is -0.463 e. The van der Waals surface area contributed by atoms with Gasteiger partial charge in [0.25, 0.3) is 0 Å². The van der Waals surface area contributed by atoms with Gasteiger partial charge in [-0.25, -0.2) is 0 Å². The molecule has 0 aliphatic carbocycles. The van der Waals surface area contributed by atoms with Gasteiger partial charge in [0, 0.05) is 16.6 Å². The Morgan fingerprint density at radius 3 is 2.07 bits per heavy atom. The third-order valence-corrected chi connectivity index (χ3v) is 6.60. The summed E-state index contributed by atoms with van der Waals surface area (Å²) in [5.74, 6) is -1.45. The molecule has 0 bridgehead atoms. The standard InChI is InChI=1S/C22H41N2O5/c1-15(29-24-19(2,3)11-10-12-20(24,4)5)14-28-18(26)17-16(25)13-21(6,7)23(27)22(17,8)9/h15-17,25H,10-14H2,1-9H3. The van der Waals surface area contributed by atoms with Crippen molar-refractivity contribution < 1.29 is 24.7 Å². The molecule has 0 spiro atoms. The van der Waals surface area contributed by atoms with Crippen LogP contribution in [0.3, 0.4) is 0 Å². The van der Waals surface area contributed by atoms with Crippen LogP contribution >= 0.6 is 0 Å². The van der Waals surface area contributed by atoms with Gasteiger partial charge in [-0.3, -0.25) is 9.63 Å². The Kier molecular flexibility index (Phi) is 6.83. The minimum atomic E-state index is -1.06. The van der Waals surface area contributed by atoms with Crippen LogP contribution in [0.25, 0.3) is 0 Å². The summed E-state index contributed by atoms with van der Waals surface area (Å²) in [6, 6.07) is 0. The van der Waals surface area contributed by atoms with E-state index in [0.717, 1.165) is 24.3 Å². The van der Waals surface area contributed by atoms with Crippen LogP contribution in [-0.4, -0.2) is 62.2 Å². The molecule has 3 unspecified atom stereocenters. The Bertz CT molecular complexity index is 586. The molecule has 2 aliphatic rings. The summed E-state index contributed by atoms with van der Waals surface area (Å²) >= 11 is 0. The highest BCUT2D eigenvalue weighted by Gasteiger charge is 2.56. The van der Waals surface area contributed by atoms with Gasteiger partial charge >= 0.3 is 5.97 Å². The number of carbonyl (C=O) groups excluding carboxylic acids is 1. The Hall–Kier alpha value is -0.730. The van der Waals surface area contributed by atoms with Crippen molar-refractivity contribution >= 4 is 5.97 Å². The first-order chi connectivity index (χ1) is 13.0. The van der Waals surface area contributed by atoms with Crippen molar-refractivity contribution in [1.82, 2.24) is 10.1 Å². The van der Waals surface area contributed by atoms with Gasteiger partial charge in [0.2, 0.25) is 0 Å². The molecule has 0 aromatic rings. The molecule has 0 saturated carbocycles. The Morgan fingerprint density at radius 1 is 1.03 bits per heavy atom. The van der Waals surface area contributed by atoms with Gasteiger partial charge in [-0.05, 0) is 88.0 Å². The summed E-state index contributed by atoms with van der Waals surface area (Å²) in [6.45, 7) is 17.5. The fourth-order valence-corrected chi connectivity index (χ4v) is 5.30. The molecule has 2 saturated heterocycles. The molecule has 0 aromatic heterocycles. The number of hydrogen-bond acceptors (Lipinski definition) is 6. The van der Waals surface area contributed by atoms with E-state index in [9.17, 15) is 15.1 Å². The molecule has 2 fully saturated rings. The number of rotatable bonds is 5. The SMILES string of the molecule is CC(COC(=O)C1C(O)CC(C)(C)N([O])C1(C)C)ON1C(C)(C)CCCC1(C)C. The van der Waals surface area contributed by atoms with Crippen molar-refractivity contribution in [2.45, 2.75) is 122 Å². The van der Waals surface area contributed by atoms with E-state index in [1.54, 1.807) is 27.7 Å². The number of hydrogen-bond donors (Lipinski definition) is 1. The minimum absolute atomic E-state index is 0.0725. The maximum atomic E-state index is 12.8. The molecule has 1 radical (unpaired) electrons. The van der Waals surface area contributed by atoms with E-state index in [0.29, 0.717) is 0 Å². The molecule has 0 aromatic carbocycles. The van der Waals surface area contributed by atoms with Crippen LogP contribution in [-0.2, 0) is 19.6 Å². The number of aliphatic hydroxyl groups excluding tert-OH is 1. The van der Waals surface area contributed by atoms with Crippen LogP contribution in [0.5, 0.6) is 0 Å². The number of ether oxygens (including phenoxy) is 1. The lowest BCUT2D eigenvalue weighted by Gasteiger charge is -2.52. The quantitative estimate of drug-likeness (QED) is 0.695. The monoisotopic (exact) mass is 413 g/mol.